The smallest absolute Gasteiger partial charge is 0.0346 e. The molecule has 1 unspecified atom stereocenters. The third-order valence-corrected chi connectivity index (χ3v) is 3.69. The van der Waals surface area contributed by atoms with Crippen molar-refractivity contribution in [1.29, 1.82) is 0 Å². The summed E-state index contributed by atoms with van der Waals surface area (Å²) in [4.78, 5) is 4.28. The number of nitrogens with zero attached hydrogens (tertiary/aromatic N) is 1. The van der Waals surface area contributed by atoms with Crippen molar-refractivity contribution in [2.24, 2.45) is 5.92 Å². The summed E-state index contributed by atoms with van der Waals surface area (Å²) >= 11 is 3.52. The number of rotatable bonds is 3. The van der Waals surface area contributed by atoms with Crippen molar-refractivity contribution in [3.05, 3.63) is 42.2 Å². The molecule has 15 heavy (non-hydrogen) atoms. The lowest BCUT2D eigenvalue weighted by Crippen LogP contribution is -2.01. The first-order valence-electron chi connectivity index (χ1n) is 5.19. The standard InChI is InChI=1S/C13H14BrN/c1-10(7-14)6-12-9-15-8-11-4-2-3-5-13(11)12/h2-5,8-10H,6-7H2,1H3. The predicted octanol–water partition coefficient (Wildman–Crippen LogP) is 3.81. The van der Waals surface area contributed by atoms with Crippen molar-refractivity contribution in [3.63, 3.8) is 0 Å². The summed E-state index contributed by atoms with van der Waals surface area (Å²) in [6.07, 6.45) is 5.00. The maximum Gasteiger partial charge on any atom is 0.0346 e. The van der Waals surface area contributed by atoms with E-state index < -0.39 is 0 Å². The molecule has 0 amide bonds. The van der Waals surface area contributed by atoms with Gasteiger partial charge in [-0.3, -0.25) is 4.98 Å². The van der Waals surface area contributed by atoms with Crippen LogP contribution in [0.25, 0.3) is 10.8 Å². The van der Waals surface area contributed by atoms with E-state index in [0.717, 1.165) is 11.8 Å². The monoisotopic (exact) mass is 263 g/mol. The van der Waals surface area contributed by atoms with Crippen LogP contribution in [0.5, 0.6) is 0 Å². The van der Waals surface area contributed by atoms with Gasteiger partial charge in [0.25, 0.3) is 0 Å². The van der Waals surface area contributed by atoms with Gasteiger partial charge in [-0.2, -0.15) is 0 Å². The molecule has 0 saturated heterocycles. The lowest BCUT2D eigenvalue weighted by Gasteiger charge is -2.09. The minimum atomic E-state index is 0.651. The lowest BCUT2D eigenvalue weighted by molar-refractivity contribution is 0.665. The van der Waals surface area contributed by atoms with Crippen LogP contribution in [0.4, 0.5) is 0 Å². The van der Waals surface area contributed by atoms with E-state index in [1.807, 2.05) is 12.4 Å². The highest BCUT2D eigenvalue weighted by Gasteiger charge is 2.05. The normalized spacial score (nSPS) is 12.9. The molecule has 1 heterocycles. The molecule has 2 heteroatoms. The topological polar surface area (TPSA) is 12.9 Å². The molecule has 0 aliphatic carbocycles. The summed E-state index contributed by atoms with van der Waals surface area (Å²) in [5, 5.41) is 3.60. The van der Waals surface area contributed by atoms with E-state index in [2.05, 4.69) is 52.1 Å². The second-order valence-electron chi connectivity index (χ2n) is 3.98. The Labute approximate surface area is 98.7 Å². The average Bonchev–Trinajstić information content (AvgIpc) is 2.29. The fourth-order valence-electron chi connectivity index (χ4n) is 1.77. The number of alkyl halides is 1. The third-order valence-electron chi connectivity index (χ3n) is 2.58. The van der Waals surface area contributed by atoms with Gasteiger partial charge in [-0.1, -0.05) is 47.1 Å². The summed E-state index contributed by atoms with van der Waals surface area (Å²) in [6, 6.07) is 8.43. The molecule has 0 aliphatic heterocycles. The van der Waals surface area contributed by atoms with Gasteiger partial charge in [-0.15, -0.1) is 0 Å². The highest BCUT2D eigenvalue weighted by Crippen LogP contribution is 2.20. The summed E-state index contributed by atoms with van der Waals surface area (Å²) in [5.74, 6) is 0.651. The second kappa shape index (κ2) is 4.75. The number of fused-ring (bicyclic) bond motifs is 1. The van der Waals surface area contributed by atoms with Gasteiger partial charge in [0, 0.05) is 23.1 Å². The minimum absolute atomic E-state index is 0.651. The van der Waals surface area contributed by atoms with Crippen molar-refractivity contribution in [2.45, 2.75) is 13.3 Å². The van der Waals surface area contributed by atoms with Crippen LogP contribution < -0.4 is 0 Å². The third kappa shape index (κ3) is 2.37. The first-order valence-corrected chi connectivity index (χ1v) is 6.31. The SMILES string of the molecule is CC(CBr)Cc1cncc2ccccc12. The Balaban J connectivity index is 2.42. The summed E-state index contributed by atoms with van der Waals surface area (Å²) < 4.78 is 0. The largest absolute Gasteiger partial charge is 0.264 e. The maximum atomic E-state index is 4.28. The number of benzene rings is 1. The molecule has 0 fully saturated rings. The molecular formula is C13H14BrN. The highest BCUT2D eigenvalue weighted by atomic mass is 79.9. The van der Waals surface area contributed by atoms with Crippen molar-refractivity contribution in [3.8, 4) is 0 Å². The molecule has 78 valence electrons. The van der Waals surface area contributed by atoms with E-state index in [1.165, 1.54) is 16.3 Å². The number of pyridine rings is 1. The minimum Gasteiger partial charge on any atom is -0.264 e. The second-order valence-corrected chi connectivity index (χ2v) is 4.63. The summed E-state index contributed by atoms with van der Waals surface area (Å²) in [7, 11) is 0. The van der Waals surface area contributed by atoms with Crippen molar-refractivity contribution in [1.82, 2.24) is 4.98 Å². The van der Waals surface area contributed by atoms with Crippen molar-refractivity contribution in [2.75, 3.05) is 5.33 Å². The fraction of sp³-hybridized carbons (Fsp3) is 0.308. The van der Waals surface area contributed by atoms with Gasteiger partial charge in [0.15, 0.2) is 0 Å². The van der Waals surface area contributed by atoms with Crippen LogP contribution in [0.15, 0.2) is 36.7 Å². The van der Waals surface area contributed by atoms with Crippen LogP contribution in [0.2, 0.25) is 0 Å². The van der Waals surface area contributed by atoms with Gasteiger partial charge in [0.2, 0.25) is 0 Å². The van der Waals surface area contributed by atoms with Crippen LogP contribution in [0.3, 0.4) is 0 Å². The zero-order valence-electron chi connectivity index (χ0n) is 8.78. The van der Waals surface area contributed by atoms with Gasteiger partial charge < -0.3 is 0 Å². The Kier molecular flexibility index (Phi) is 3.37. The molecule has 0 saturated carbocycles. The van der Waals surface area contributed by atoms with E-state index in [0.29, 0.717) is 5.92 Å². The Bertz CT molecular complexity index is 448. The molecule has 1 nitrogen and oxygen atoms in total. The molecule has 0 N–H and O–H groups in total. The number of hydrogen-bond acceptors (Lipinski definition) is 1. The molecule has 2 rings (SSSR count). The molecule has 0 radical (unpaired) electrons. The van der Waals surface area contributed by atoms with Crippen LogP contribution in [-0.4, -0.2) is 10.3 Å². The first kappa shape index (κ1) is 10.6. The fourth-order valence-corrected chi connectivity index (χ4v) is 2.00. The zero-order valence-corrected chi connectivity index (χ0v) is 10.4. The van der Waals surface area contributed by atoms with Gasteiger partial charge in [0.1, 0.15) is 0 Å². The molecule has 1 aromatic carbocycles. The highest BCUT2D eigenvalue weighted by molar-refractivity contribution is 9.09. The van der Waals surface area contributed by atoms with Crippen molar-refractivity contribution >= 4 is 26.7 Å². The van der Waals surface area contributed by atoms with Crippen molar-refractivity contribution < 1.29 is 0 Å². The zero-order chi connectivity index (χ0) is 10.7. The number of hydrogen-bond donors (Lipinski definition) is 0. The van der Waals surface area contributed by atoms with E-state index in [9.17, 15) is 0 Å². The van der Waals surface area contributed by atoms with Gasteiger partial charge in [-0.25, -0.2) is 0 Å². The molecule has 1 aromatic heterocycles. The molecule has 0 aliphatic rings. The quantitative estimate of drug-likeness (QED) is 0.768. The molecule has 2 aromatic rings. The maximum absolute atomic E-state index is 4.28. The van der Waals surface area contributed by atoms with E-state index >= 15 is 0 Å². The van der Waals surface area contributed by atoms with E-state index in [4.69, 9.17) is 0 Å². The number of aromatic nitrogens is 1. The molecular weight excluding hydrogens is 250 g/mol. The molecule has 0 bridgehead atoms. The Hall–Kier alpha value is -0.890. The van der Waals surface area contributed by atoms with Gasteiger partial charge in [0.05, 0.1) is 0 Å². The molecule has 1 atom stereocenters. The van der Waals surface area contributed by atoms with Crippen LogP contribution in [0, 0.1) is 5.92 Å². The van der Waals surface area contributed by atoms with Gasteiger partial charge in [-0.05, 0) is 23.3 Å². The van der Waals surface area contributed by atoms with E-state index in [1.54, 1.807) is 0 Å². The van der Waals surface area contributed by atoms with Crippen LogP contribution in [0.1, 0.15) is 12.5 Å². The first-order chi connectivity index (χ1) is 7.31. The average molecular weight is 264 g/mol. The Morgan fingerprint density at radius 1 is 1.27 bits per heavy atom. The van der Waals surface area contributed by atoms with Crippen LogP contribution in [-0.2, 0) is 6.42 Å². The van der Waals surface area contributed by atoms with Crippen LogP contribution >= 0.6 is 15.9 Å². The molecule has 0 spiro atoms. The summed E-state index contributed by atoms with van der Waals surface area (Å²) in [6.45, 7) is 2.25. The summed E-state index contributed by atoms with van der Waals surface area (Å²) in [5.41, 5.74) is 1.35. The number of halogens is 1. The Morgan fingerprint density at radius 3 is 2.87 bits per heavy atom. The van der Waals surface area contributed by atoms with Gasteiger partial charge >= 0.3 is 0 Å². The Morgan fingerprint density at radius 2 is 2.07 bits per heavy atom. The lowest BCUT2D eigenvalue weighted by atomic mass is 9.99. The van der Waals surface area contributed by atoms with E-state index in [-0.39, 0.29) is 0 Å². The predicted molar refractivity (Wildman–Crippen MR) is 68.4 cm³/mol.